The quantitative estimate of drug-likeness (QED) is 0.825. The van der Waals surface area contributed by atoms with E-state index < -0.39 is 0 Å². The summed E-state index contributed by atoms with van der Waals surface area (Å²) >= 11 is 5.98. The monoisotopic (exact) mass is 241 g/mol. The number of nitrogens with two attached hydrogens (primary N) is 1. The van der Waals surface area contributed by atoms with Gasteiger partial charge in [-0.05, 0) is 31.0 Å². The molecule has 0 saturated carbocycles. The molecule has 88 valence electrons. The topological polar surface area (TPSA) is 52.3 Å². The molecule has 0 aliphatic carbocycles. The third kappa shape index (κ3) is 3.22. The van der Waals surface area contributed by atoms with Crippen LogP contribution in [-0.4, -0.2) is 12.6 Å². The summed E-state index contributed by atoms with van der Waals surface area (Å²) in [6, 6.07) is 5.15. The molecule has 0 aliphatic heterocycles. The average Bonchev–Trinajstić information content (AvgIpc) is 2.22. The Morgan fingerprint density at radius 2 is 2.25 bits per heavy atom. The van der Waals surface area contributed by atoms with Gasteiger partial charge in [-0.25, -0.2) is 0 Å². The number of hydrogen-bond acceptors (Lipinski definition) is 3. The smallest absolute Gasteiger partial charge is 0.307 e. The number of carbonyl (C=O) groups excluding carboxylic acids is 1. The van der Waals surface area contributed by atoms with Crippen LogP contribution in [-0.2, 0) is 9.53 Å². The van der Waals surface area contributed by atoms with E-state index in [9.17, 15) is 4.79 Å². The van der Waals surface area contributed by atoms with Gasteiger partial charge in [0.15, 0.2) is 0 Å². The van der Waals surface area contributed by atoms with E-state index in [0.717, 1.165) is 11.1 Å². The fraction of sp³-hybridized carbons (Fsp3) is 0.417. The van der Waals surface area contributed by atoms with Crippen LogP contribution in [0.2, 0.25) is 5.02 Å². The lowest BCUT2D eigenvalue weighted by Gasteiger charge is -2.14. The van der Waals surface area contributed by atoms with Gasteiger partial charge in [0.25, 0.3) is 0 Å². The summed E-state index contributed by atoms with van der Waals surface area (Å²) in [5.74, 6) is -0.283. The van der Waals surface area contributed by atoms with Crippen molar-refractivity contribution in [1.82, 2.24) is 0 Å². The number of ether oxygens (including phenoxy) is 1. The maximum absolute atomic E-state index is 11.3. The molecule has 0 amide bonds. The lowest BCUT2D eigenvalue weighted by Crippen LogP contribution is -2.18. The van der Waals surface area contributed by atoms with Crippen molar-refractivity contribution in [2.45, 2.75) is 26.3 Å². The Balaban J connectivity index is 2.76. The van der Waals surface area contributed by atoms with Gasteiger partial charge in [0.05, 0.1) is 13.0 Å². The average molecular weight is 242 g/mol. The van der Waals surface area contributed by atoms with Gasteiger partial charge < -0.3 is 10.5 Å². The molecular weight excluding hydrogens is 226 g/mol. The maximum atomic E-state index is 11.3. The molecule has 4 heteroatoms. The molecule has 0 spiro atoms. The first-order valence-corrected chi connectivity index (χ1v) is 5.60. The molecule has 0 heterocycles. The van der Waals surface area contributed by atoms with Crippen molar-refractivity contribution < 1.29 is 9.53 Å². The molecule has 0 aromatic heterocycles. The molecule has 0 radical (unpaired) electrons. The van der Waals surface area contributed by atoms with Crippen LogP contribution in [0.25, 0.3) is 0 Å². The summed E-state index contributed by atoms with van der Waals surface area (Å²) in [7, 11) is 0. The Kier molecular flexibility index (Phi) is 4.77. The van der Waals surface area contributed by atoms with Crippen LogP contribution in [0.15, 0.2) is 18.2 Å². The summed E-state index contributed by atoms with van der Waals surface area (Å²) in [5.41, 5.74) is 7.74. The predicted octanol–water partition coefficient (Wildman–Crippen LogP) is 2.60. The van der Waals surface area contributed by atoms with Gasteiger partial charge in [0.2, 0.25) is 0 Å². The van der Waals surface area contributed by atoms with Crippen molar-refractivity contribution in [3.05, 3.63) is 34.3 Å². The zero-order valence-electron chi connectivity index (χ0n) is 9.50. The van der Waals surface area contributed by atoms with E-state index in [-0.39, 0.29) is 18.4 Å². The van der Waals surface area contributed by atoms with E-state index in [0.29, 0.717) is 11.6 Å². The molecule has 2 N–H and O–H groups in total. The van der Waals surface area contributed by atoms with E-state index in [2.05, 4.69) is 0 Å². The summed E-state index contributed by atoms with van der Waals surface area (Å²) in [5, 5.41) is 0.664. The van der Waals surface area contributed by atoms with Gasteiger partial charge in [-0.15, -0.1) is 0 Å². The van der Waals surface area contributed by atoms with Gasteiger partial charge in [-0.1, -0.05) is 23.7 Å². The molecule has 0 bridgehead atoms. The Morgan fingerprint density at radius 3 is 2.88 bits per heavy atom. The lowest BCUT2D eigenvalue weighted by molar-refractivity contribution is -0.143. The van der Waals surface area contributed by atoms with E-state index >= 15 is 0 Å². The van der Waals surface area contributed by atoms with Crippen molar-refractivity contribution in [3.8, 4) is 0 Å². The first-order valence-electron chi connectivity index (χ1n) is 5.22. The summed E-state index contributed by atoms with van der Waals surface area (Å²) in [4.78, 5) is 11.3. The maximum Gasteiger partial charge on any atom is 0.307 e. The van der Waals surface area contributed by atoms with E-state index in [1.807, 2.05) is 19.1 Å². The first kappa shape index (κ1) is 13.0. The Hall–Kier alpha value is -1.06. The molecule has 1 aromatic carbocycles. The van der Waals surface area contributed by atoms with Gasteiger partial charge in [0.1, 0.15) is 0 Å². The van der Waals surface area contributed by atoms with Crippen LogP contribution < -0.4 is 5.73 Å². The number of esters is 1. The molecule has 0 aliphatic rings. The summed E-state index contributed by atoms with van der Waals surface area (Å²) in [6.07, 6.45) is 0.176. The zero-order chi connectivity index (χ0) is 12.1. The SMILES string of the molecule is CCOC(=O)CC(N)c1cccc(Cl)c1C. The van der Waals surface area contributed by atoms with E-state index in [1.165, 1.54) is 0 Å². The fourth-order valence-corrected chi connectivity index (χ4v) is 1.72. The second-order valence-corrected chi connectivity index (χ2v) is 3.98. The minimum Gasteiger partial charge on any atom is -0.466 e. The highest BCUT2D eigenvalue weighted by molar-refractivity contribution is 6.31. The minimum atomic E-state index is -0.363. The summed E-state index contributed by atoms with van der Waals surface area (Å²) in [6.45, 7) is 4.04. The van der Waals surface area contributed by atoms with Crippen LogP contribution in [0.5, 0.6) is 0 Å². The largest absolute Gasteiger partial charge is 0.466 e. The molecule has 3 nitrogen and oxygen atoms in total. The Morgan fingerprint density at radius 1 is 1.56 bits per heavy atom. The number of halogens is 1. The van der Waals surface area contributed by atoms with Gasteiger partial charge >= 0.3 is 5.97 Å². The van der Waals surface area contributed by atoms with Crippen molar-refractivity contribution in [2.75, 3.05) is 6.61 Å². The van der Waals surface area contributed by atoms with E-state index in [1.54, 1.807) is 13.0 Å². The molecule has 16 heavy (non-hydrogen) atoms. The van der Waals surface area contributed by atoms with Gasteiger partial charge in [-0.2, -0.15) is 0 Å². The first-order chi connectivity index (χ1) is 7.56. The Labute approximate surface area is 101 Å². The second-order valence-electron chi connectivity index (χ2n) is 3.57. The highest BCUT2D eigenvalue weighted by atomic mass is 35.5. The molecule has 1 aromatic rings. The van der Waals surface area contributed by atoms with Crippen LogP contribution >= 0.6 is 11.6 Å². The van der Waals surface area contributed by atoms with Crippen molar-refractivity contribution >= 4 is 17.6 Å². The van der Waals surface area contributed by atoms with E-state index in [4.69, 9.17) is 22.1 Å². The molecule has 1 unspecified atom stereocenters. The number of rotatable bonds is 4. The standard InChI is InChI=1S/C12H16ClNO2/c1-3-16-12(15)7-11(14)9-5-4-6-10(13)8(9)2/h4-6,11H,3,7,14H2,1-2H3. The molecule has 1 atom stereocenters. The molecule has 0 saturated heterocycles. The van der Waals surface area contributed by atoms with Crippen LogP contribution in [0.1, 0.15) is 30.5 Å². The van der Waals surface area contributed by atoms with Gasteiger partial charge in [-0.3, -0.25) is 4.79 Å². The highest BCUT2D eigenvalue weighted by Crippen LogP contribution is 2.24. The second kappa shape index (κ2) is 5.87. The fourth-order valence-electron chi connectivity index (χ4n) is 1.54. The lowest BCUT2D eigenvalue weighted by atomic mass is 10.00. The predicted molar refractivity (Wildman–Crippen MR) is 64.4 cm³/mol. The van der Waals surface area contributed by atoms with Gasteiger partial charge in [0, 0.05) is 11.1 Å². The minimum absolute atomic E-state index is 0.176. The third-order valence-electron chi connectivity index (χ3n) is 2.40. The molecular formula is C12H16ClNO2. The van der Waals surface area contributed by atoms with Crippen molar-refractivity contribution in [2.24, 2.45) is 5.73 Å². The molecule has 0 fully saturated rings. The van der Waals surface area contributed by atoms with Crippen LogP contribution in [0, 0.1) is 6.92 Å². The molecule has 1 rings (SSSR count). The number of hydrogen-bond donors (Lipinski definition) is 1. The van der Waals surface area contributed by atoms with Crippen LogP contribution in [0.4, 0.5) is 0 Å². The third-order valence-corrected chi connectivity index (χ3v) is 2.81. The summed E-state index contributed by atoms with van der Waals surface area (Å²) < 4.78 is 4.85. The van der Waals surface area contributed by atoms with Crippen LogP contribution in [0.3, 0.4) is 0 Å². The normalized spacial score (nSPS) is 12.2. The Bertz CT molecular complexity index is 379. The zero-order valence-corrected chi connectivity index (χ0v) is 10.3. The number of benzene rings is 1. The number of carbonyl (C=O) groups is 1. The highest BCUT2D eigenvalue weighted by Gasteiger charge is 2.15. The van der Waals surface area contributed by atoms with Crippen molar-refractivity contribution in [1.29, 1.82) is 0 Å². The van der Waals surface area contributed by atoms with Crippen molar-refractivity contribution in [3.63, 3.8) is 0 Å².